The van der Waals surface area contributed by atoms with E-state index in [0.29, 0.717) is 25.3 Å². The molecule has 0 aliphatic carbocycles. The first-order chi connectivity index (χ1) is 11.1. The molecule has 0 radical (unpaired) electrons. The second kappa shape index (κ2) is 12.1. The number of nitrogens with one attached hydrogen (secondary N) is 1. The molecule has 1 aromatic rings. The Kier molecular flexibility index (Phi) is 10.4. The van der Waals surface area contributed by atoms with Crippen molar-refractivity contribution in [3.63, 3.8) is 0 Å². The Labute approximate surface area is 141 Å². The lowest BCUT2D eigenvalue weighted by atomic mass is 10.1. The SMILES string of the molecule is CCCOCCCOCC#Cc1ccc(C(C)NC(C)C)cc1. The lowest BCUT2D eigenvalue weighted by Gasteiger charge is -2.17. The molecule has 0 heterocycles. The van der Waals surface area contributed by atoms with E-state index in [4.69, 9.17) is 9.47 Å². The van der Waals surface area contributed by atoms with E-state index in [9.17, 15) is 0 Å². The summed E-state index contributed by atoms with van der Waals surface area (Å²) in [7, 11) is 0. The van der Waals surface area contributed by atoms with Crippen LogP contribution in [0.15, 0.2) is 24.3 Å². The molecule has 0 aliphatic rings. The van der Waals surface area contributed by atoms with Crippen LogP contribution in [0.25, 0.3) is 0 Å². The zero-order valence-electron chi connectivity index (χ0n) is 15.0. The molecule has 1 rings (SSSR count). The summed E-state index contributed by atoms with van der Waals surface area (Å²) in [5.74, 6) is 6.19. The number of ether oxygens (including phenoxy) is 2. The summed E-state index contributed by atoms with van der Waals surface area (Å²) >= 11 is 0. The van der Waals surface area contributed by atoms with Crippen molar-refractivity contribution in [1.82, 2.24) is 5.32 Å². The van der Waals surface area contributed by atoms with Crippen molar-refractivity contribution in [3.8, 4) is 11.8 Å². The van der Waals surface area contributed by atoms with Gasteiger partial charge in [-0.3, -0.25) is 0 Å². The van der Waals surface area contributed by atoms with Crippen molar-refractivity contribution in [2.24, 2.45) is 0 Å². The minimum Gasteiger partial charge on any atom is -0.381 e. The van der Waals surface area contributed by atoms with Gasteiger partial charge in [-0.2, -0.15) is 0 Å². The lowest BCUT2D eigenvalue weighted by molar-refractivity contribution is 0.0949. The molecule has 0 fully saturated rings. The van der Waals surface area contributed by atoms with E-state index in [1.807, 2.05) is 0 Å². The molecule has 0 spiro atoms. The maximum Gasteiger partial charge on any atom is 0.108 e. The maximum atomic E-state index is 5.48. The van der Waals surface area contributed by atoms with Crippen molar-refractivity contribution in [2.45, 2.75) is 52.6 Å². The van der Waals surface area contributed by atoms with Crippen molar-refractivity contribution in [2.75, 3.05) is 26.4 Å². The number of benzene rings is 1. The Morgan fingerprint density at radius 2 is 1.70 bits per heavy atom. The molecular weight excluding hydrogens is 286 g/mol. The van der Waals surface area contributed by atoms with Crippen LogP contribution in [0.3, 0.4) is 0 Å². The van der Waals surface area contributed by atoms with E-state index >= 15 is 0 Å². The summed E-state index contributed by atoms with van der Waals surface area (Å²) in [5, 5.41) is 3.50. The highest BCUT2D eigenvalue weighted by Gasteiger charge is 2.05. The van der Waals surface area contributed by atoms with Crippen LogP contribution in [0, 0.1) is 11.8 Å². The Hall–Kier alpha value is -1.34. The molecule has 0 bridgehead atoms. The van der Waals surface area contributed by atoms with Crippen molar-refractivity contribution >= 4 is 0 Å². The van der Waals surface area contributed by atoms with Gasteiger partial charge < -0.3 is 14.8 Å². The molecule has 3 nitrogen and oxygen atoms in total. The Morgan fingerprint density at radius 1 is 1.00 bits per heavy atom. The highest BCUT2D eigenvalue weighted by molar-refractivity contribution is 5.36. The standard InChI is InChI=1S/C20H31NO2/c1-5-13-22-15-7-16-23-14-6-8-19-9-11-20(12-10-19)18(4)21-17(2)3/h9-12,17-18,21H,5,7,13-16H2,1-4H3. The van der Waals surface area contributed by atoms with Crippen LogP contribution in [0.2, 0.25) is 0 Å². The van der Waals surface area contributed by atoms with Crippen molar-refractivity contribution < 1.29 is 9.47 Å². The monoisotopic (exact) mass is 317 g/mol. The van der Waals surface area contributed by atoms with E-state index in [1.165, 1.54) is 5.56 Å². The summed E-state index contributed by atoms with van der Waals surface area (Å²) < 4.78 is 10.9. The first-order valence-electron chi connectivity index (χ1n) is 8.63. The second-order valence-corrected chi connectivity index (χ2v) is 5.99. The van der Waals surface area contributed by atoms with Gasteiger partial charge in [0.1, 0.15) is 6.61 Å². The van der Waals surface area contributed by atoms with Crippen LogP contribution in [-0.2, 0) is 9.47 Å². The summed E-state index contributed by atoms with van der Waals surface area (Å²) in [6.45, 7) is 11.4. The topological polar surface area (TPSA) is 30.5 Å². The van der Waals surface area contributed by atoms with E-state index in [1.54, 1.807) is 0 Å². The normalized spacial score (nSPS) is 12.0. The summed E-state index contributed by atoms with van der Waals surface area (Å²) in [6, 6.07) is 9.24. The fourth-order valence-electron chi connectivity index (χ4n) is 2.22. The minimum atomic E-state index is 0.357. The molecule has 3 heteroatoms. The van der Waals surface area contributed by atoms with Crippen LogP contribution in [-0.4, -0.2) is 32.5 Å². The van der Waals surface area contributed by atoms with Gasteiger partial charge in [0.2, 0.25) is 0 Å². The van der Waals surface area contributed by atoms with Crippen LogP contribution in [0.4, 0.5) is 0 Å². The average Bonchev–Trinajstić information content (AvgIpc) is 2.53. The molecule has 1 atom stereocenters. The highest BCUT2D eigenvalue weighted by Crippen LogP contribution is 2.13. The predicted octanol–water partition coefficient (Wildman–Crippen LogP) is 3.93. The van der Waals surface area contributed by atoms with Gasteiger partial charge in [0, 0.05) is 30.9 Å². The molecule has 0 saturated heterocycles. The molecule has 1 aromatic carbocycles. The highest BCUT2D eigenvalue weighted by atomic mass is 16.5. The molecular formula is C20H31NO2. The Bertz CT molecular complexity index is 471. The minimum absolute atomic E-state index is 0.357. The van der Waals surface area contributed by atoms with Crippen LogP contribution >= 0.6 is 0 Å². The van der Waals surface area contributed by atoms with Gasteiger partial charge in [-0.15, -0.1) is 0 Å². The van der Waals surface area contributed by atoms with Gasteiger partial charge in [0.15, 0.2) is 0 Å². The third-order valence-corrected chi connectivity index (χ3v) is 3.33. The number of hydrogen-bond donors (Lipinski definition) is 1. The zero-order chi connectivity index (χ0) is 16.9. The van der Waals surface area contributed by atoms with Gasteiger partial charge in [-0.1, -0.05) is 44.7 Å². The maximum absolute atomic E-state index is 5.48. The summed E-state index contributed by atoms with van der Waals surface area (Å²) in [5.41, 5.74) is 2.31. The molecule has 0 saturated carbocycles. The first kappa shape index (κ1) is 19.7. The summed E-state index contributed by atoms with van der Waals surface area (Å²) in [6.07, 6.45) is 1.99. The van der Waals surface area contributed by atoms with E-state index in [0.717, 1.165) is 31.6 Å². The van der Waals surface area contributed by atoms with Gasteiger partial charge in [-0.25, -0.2) is 0 Å². The van der Waals surface area contributed by atoms with Gasteiger partial charge >= 0.3 is 0 Å². The molecule has 1 N–H and O–H groups in total. The Morgan fingerprint density at radius 3 is 2.35 bits per heavy atom. The third kappa shape index (κ3) is 9.40. The molecule has 23 heavy (non-hydrogen) atoms. The van der Waals surface area contributed by atoms with Crippen molar-refractivity contribution in [1.29, 1.82) is 0 Å². The Balaban J connectivity index is 2.25. The molecule has 0 aromatic heterocycles. The van der Waals surface area contributed by atoms with Gasteiger partial charge in [-0.05, 0) is 37.5 Å². The quantitative estimate of drug-likeness (QED) is 0.524. The fourth-order valence-corrected chi connectivity index (χ4v) is 2.22. The molecule has 0 amide bonds. The van der Waals surface area contributed by atoms with Gasteiger partial charge in [0.05, 0.1) is 6.61 Å². The predicted molar refractivity (Wildman–Crippen MR) is 96.6 cm³/mol. The van der Waals surface area contributed by atoms with Crippen LogP contribution < -0.4 is 5.32 Å². The van der Waals surface area contributed by atoms with Crippen LogP contribution in [0.1, 0.15) is 57.7 Å². The zero-order valence-corrected chi connectivity index (χ0v) is 15.0. The summed E-state index contributed by atoms with van der Waals surface area (Å²) in [4.78, 5) is 0. The van der Waals surface area contributed by atoms with E-state index in [-0.39, 0.29) is 0 Å². The third-order valence-electron chi connectivity index (χ3n) is 3.33. The number of rotatable bonds is 10. The molecule has 0 aliphatic heterocycles. The van der Waals surface area contributed by atoms with E-state index < -0.39 is 0 Å². The molecule has 1 unspecified atom stereocenters. The fraction of sp³-hybridized carbons (Fsp3) is 0.600. The number of hydrogen-bond acceptors (Lipinski definition) is 3. The lowest BCUT2D eigenvalue weighted by Crippen LogP contribution is -2.25. The van der Waals surface area contributed by atoms with Crippen LogP contribution in [0.5, 0.6) is 0 Å². The first-order valence-corrected chi connectivity index (χ1v) is 8.63. The van der Waals surface area contributed by atoms with Gasteiger partial charge in [0.25, 0.3) is 0 Å². The van der Waals surface area contributed by atoms with Crippen molar-refractivity contribution in [3.05, 3.63) is 35.4 Å². The molecule has 128 valence electrons. The smallest absolute Gasteiger partial charge is 0.108 e. The largest absolute Gasteiger partial charge is 0.381 e. The second-order valence-electron chi connectivity index (χ2n) is 5.99. The van der Waals surface area contributed by atoms with E-state index in [2.05, 4.69) is 69.1 Å². The average molecular weight is 317 g/mol.